The third-order valence-corrected chi connectivity index (χ3v) is 4.87. The number of carbonyl (C=O) groups excluding carboxylic acids is 1. The summed E-state index contributed by atoms with van der Waals surface area (Å²) in [5.41, 5.74) is 3.88. The summed E-state index contributed by atoms with van der Waals surface area (Å²) in [4.78, 5) is 14.7. The molecule has 0 saturated heterocycles. The first-order chi connectivity index (χ1) is 10.3. The number of nitrogens with zero attached hydrogens (tertiary/aromatic N) is 2. The SMILES string of the molecule is Cc1cc([C@@H](C)NCC(=O)Nc2c(C)nn(C)c2C)c(C)s1. The highest BCUT2D eigenvalue weighted by Gasteiger charge is 2.15. The molecular weight excluding hydrogens is 296 g/mol. The molecule has 0 aromatic carbocycles. The minimum Gasteiger partial charge on any atom is -0.322 e. The number of rotatable bonds is 5. The van der Waals surface area contributed by atoms with Crippen LogP contribution in [0.5, 0.6) is 0 Å². The van der Waals surface area contributed by atoms with Gasteiger partial charge >= 0.3 is 0 Å². The fourth-order valence-electron chi connectivity index (χ4n) is 2.57. The van der Waals surface area contributed by atoms with Crippen molar-refractivity contribution in [2.45, 2.75) is 40.7 Å². The number of nitrogens with one attached hydrogen (secondary N) is 2. The van der Waals surface area contributed by atoms with Crippen LogP contribution in [0.1, 0.15) is 39.7 Å². The number of aromatic nitrogens is 2. The quantitative estimate of drug-likeness (QED) is 0.890. The Morgan fingerprint density at radius 3 is 2.55 bits per heavy atom. The van der Waals surface area contributed by atoms with E-state index < -0.39 is 0 Å². The molecule has 1 amide bonds. The zero-order valence-electron chi connectivity index (χ0n) is 14.1. The first-order valence-electron chi connectivity index (χ1n) is 7.40. The number of aryl methyl sites for hydroxylation is 4. The van der Waals surface area contributed by atoms with Crippen LogP contribution < -0.4 is 10.6 Å². The summed E-state index contributed by atoms with van der Waals surface area (Å²) in [5.74, 6) is -0.0457. The van der Waals surface area contributed by atoms with E-state index in [1.165, 1.54) is 15.3 Å². The predicted octanol–water partition coefficient (Wildman–Crippen LogP) is 3.00. The molecule has 5 nitrogen and oxygen atoms in total. The zero-order valence-corrected chi connectivity index (χ0v) is 14.9. The van der Waals surface area contributed by atoms with Gasteiger partial charge in [0.05, 0.1) is 23.6 Å². The maximum absolute atomic E-state index is 12.1. The second-order valence-corrected chi connectivity index (χ2v) is 7.15. The fourth-order valence-corrected chi connectivity index (χ4v) is 3.60. The van der Waals surface area contributed by atoms with E-state index in [1.807, 2.05) is 20.9 Å². The molecule has 0 spiro atoms. The van der Waals surface area contributed by atoms with E-state index in [1.54, 1.807) is 16.0 Å². The van der Waals surface area contributed by atoms with Gasteiger partial charge in [-0.15, -0.1) is 11.3 Å². The molecule has 0 unspecified atom stereocenters. The molecule has 2 N–H and O–H groups in total. The molecule has 0 aliphatic carbocycles. The highest BCUT2D eigenvalue weighted by atomic mass is 32.1. The lowest BCUT2D eigenvalue weighted by Crippen LogP contribution is -2.30. The van der Waals surface area contributed by atoms with Crippen LogP contribution in [-0.2, 0) is 11.8 Å². The maximum atomic E-state index is 12.1. The van der Waals surface area contributed by atoms with Crippen molar-refractivity contribution in [3.63, 3.8) is 0 Å². The van der Waals surface area contributed by atoms with Crippen LogP contribution in [0.15, 0.2) is 6.07 Å². The van der Waals surface area contributed by atoms with E-state index in [0.717, 1.165) is 17.1 Å². The van der Waals surface area contributed by atoms with Crippen molar-refractivity contribution in [3.05, 3.63) is 32.8 Å². The molecule has 2 aromatic heterocycles. The van der Waals surface area contributed by atoms with Crippen LogP contribution in [0, 0.1) is 27.7 Å². The molecule has 2 heterocycles. The molecule has 1 atom stereocenters. The third kappa shape index (κ3) is 3.56. The van der Waals surface area contributed by atoms with Crippen molar-refractivity contribution in [1.82, 2.24) is 15.1 Å². The van der Waals surface area contributed by atoms with Crippen molar-refractivity contribution < 1.29 is 4.79 Å². The lowest BCUT2D eigenvalue weighted by molar-refractivity contribution is -0.115. The van der Waals surface area contributed by atoms with E-state index in [0.29, 0.717) is 0 Å². The standard InChI is InChI=1S/C16H24N4OS/c1-9-7-14(13(5)22-9)10(2)17-8-15(21)18-16-11(3)19-20(6)12(16)4/h7,10,17H,8H2,1-6H3,(H,18,21)/t10-/m1/s1. The van der Waals surface area contributed by atoms with Crippen LogP contribution >= 0.6 is 11.3 Å². The van der Waals surface area contributed by atoms with E-state index in [-0.39, 0.29) is 18.5 Å². The van der Waals surface area contributed by atoms with Gasteiger partial charge in [0.25, 0.3) is 0 Å². The monoisotopic (exact) mass is 320 g/mol. The van der Waals surface area contributed by atoms with Crippen molar-refractivity contribution in [1.29, 1.82) is 0 Å². The molecule has 120 valence electrons. The van der Waals surface area contributed by atoms with Gasteiger partial charge in [-0.2, -0.15) is 5.10 Å². The summed E-state index contributed by atoms with van der Waals surface area (Å²) in [6, 6.07) is 2.34. The van der Waals surface area contributed by atoms with Gasteiger partial charge < -0.3 is 10.6 Å². The molecular formula is C16H24N4OS. The number of hydrogen-bond donors (Lipinski definition) is 2. The number of carbonyl (C=O) groups is 1. The average Bonchev–Trinajstić information content (AvgIpc) is 2.90. The Kier molecular flexibility index (Phi) is 5.03. The Labute approximate surface area is 135 Å². The Bertz CT molecular complexity index is 687. The van der Waals surface area contributed by atoms with E-state index >= 15 is 0 Å². The minimum absolute atomic E-state index is 0.0457. The van der Waals surface area contributed by atoms with Gasteiger partial charge in [0, 0.05) is 22.8 Å². The van der Waals surface area contributed by atoms with Gasteiger partial charge in [0.1, 0.15) is 0 Å². The first kappa shape index (κ1) is 16.7. The van der Waals surface area contributed by atoms with E-state index in [4.69, 9.17) is 0 Å². The highest BCUT2D eigenvalue weighted by molar-refractivity contribution is 7.12. The van der Waals surface area contributed by atoms with Crippen LogP contribution in [-0.4, -0.2) is 22.2 Å². The molecule has 22 heavy (non-hydrogen) atoms. The molecule has 0 bridgehead atoms. The summed E-state index contributed by atoms with van der Waals surface area (Å²) in [7, 11) is 1.87. The number of thiophene rings is 1. The number of anilines is 1. The smallest absolute Gasteiger partial charge is 0.238 e. The number of amides is 1. The minimum atomic E-state index is -0.0457. The lowest BCUT2D eigenvalue weighted by atomic mass is 10.1. The van der Waals surface area contributed by atoms with Gasteiger partial charge in [0.2, 0.25) is 5.91 Å². The normalized spacial score (nSPS) is 12.5. The third-order valence-electron chi connectivity index (χ3n) is 3.89. The Balaban J connectivity index is 1.94. The highest BCUT2D eigenvalue weighted by Crippen LogP contribution is 2.26. The summed E-state index contributed by atoms with van der Waals surface area (Å²) in [6.45, 7) is 10.4. The largest absolute Gasteiger partial charge is 0.322 e. The second-order valence-electron chi connectivity index (χ2n) is 5.69. The molecule has 2 rings (SSSR count). The fraction of sp³-hybridized carbons (Fsp3) is 0.500. The maximum Gasteiger partial charge on any atom is 0.238 e. The molecule has 0 saturated carbocycles. The van der Waals surface area contributed by atoms with Crippen LogP contribution in [0.25, 0.3) is 0 Å². The average molecular weight is 320 g/mol. The lowest BCUT2D eigenvalue weighted by Gasteiger charge is -2.14. The van der Waals surface area contributed by atoms with Gasteiger partial charge in [-0.25, -0.2) is 0 Å². The first-order valence-corrected chi connectivity index (χ1v) is 8.21. The summed E-state index contributed by atoms with van der Waals surface area (Å²) in [6.07, 6.45) is 0. The van der Waals surface area contributed by atoms with Crippen molar-refractivity contribution in [3.8, 4) is 0 Å². The Hall–Kier alpha value is -1.66. The van der Waals surface area contributed by atoms with E-state index in [9.17, 15) is 4.79 Å². The topological polar surface area (TPSA) is 59.0 Å². The van der Waals surface area contributed by atoms with Crippen molar-refractivity contribution in [2.24, 2.45) is 7.05 Å². The molecule has 0 aliphatic rings. The molecule has 0 radical (unpaired) electrons. The van der Waals surface area contributed by atoms with Crippen molar-refractivity contribution >= 4 is 22.9 Å². The van der Waals surface area contributed by atoms with Gasteiger partial charge in [0.15, 0.2) is 0 Å². The zero-order chi connectivity index (χ0) is 16.4. The van der Waals surface area contributed by atoms with Crippen LogP contribution in [0.2, 0.25) is 0 Å². The van der Waals surface area contributed by atoms with Gasteiger partial charge in [-0.05, 0) is 46.2 Å². The van der Waals surface area contributed by atoms with Crippen LogP contribution in [0.4, 0.5) is 5.69 Å². The van der Waals surface area contributed by atoms with E-state index in [2.05, 4.69) is 42.6 Å². The van der Waals surface area contributed by atoms with Gasteiger partial charge in [-0.3, -0.25) is 9.48 Å². The summed E-state index contributed by atoms with van der Waals surface area (Å²) in [5, 5.41) is 10.5. The molecule has 2 aromatic rings. The van der Waals surface area contributed by atoms with Crippen LogP contribution in [0.3, 0.4) is 0 Å². The molecule has 0 aliphatic heterocycles. The summed E-state index contributed by atoms with van der Waals surface area (Å²) < 4.78 is 1.78. The second kappa shape index (κ2) is 6.62. The Morgan fingerprint density at radius 2 is 2.05 bits per heavy atom. The number of hydrogen-bond acceptors (Lipinski definition) is 4. The summed E-state index contributed by atoms with van der Waals surface area (Å²) >= 11 is 1.79. The molecule has 6 heteroatoms. The predicted molar refractivity (Wildman–Crippen MR) is 91.5 cm³/mol. The van der Waals surface area contributed by atoms with Crippen molar-refractivity contribution in [2.75, 3.05) is 11.9 Å². The Morgan fingerprint density at radius 1 is 1.36 bits per heavy atom. The molecule has 0 fully saturated rings. The van der Waals surface area contributed by atoms with Gasteiger partial charge in [-0.1, -0.05) is 0 Å².